The molecule has 0 unspecified atom stereocenters. The topological polar surface area (TPSA) is 48.1 Å². The van der Waals surface area contributed by atoms with Gasteiger partial charge < -0.3 is 10.5 Å². The number of nitrogens with two attached hydrogens (primary N) is 1. The molecule has 0 aromatic carbocycles. The van der Waals surface area contributed by atoms with Crippen LogP contribution < -0.4 is 10.5 Å². The molecular formula is C13H22N2OS. The van der Waals surface area contributed by atoms with Crippen molar-refractivity contribution in [2.75, 3.05) is 12.9 Å². The molecule has 1 aromatic rings. The van der Waals surface area contributed by atoms with Crippen LogP contribution in [0.2, 0.25) is 0 Å². The van der Waals surface area contributed by atoms with Crippen molar-refractivity contribution in [3.8, 4) is 5.75 Å². The van der Waals surface area contributed by atoms with E-state index in [2.05, 4.69) is 11.9 Å². The number of rotatable bonds is 5. The first-order chi connectivity index (χ1) is 7.85. The first-order valence-corrected chi connectivity index (χ1v) is 6.86. The lowest BCUT2D eigenvalue weighted by atomic mass is 10.1. The molecule has 3 nitrogen and oxygen atoms in total. The van der Waals surface area contributed by atoms with E-state index < -0.39 is 0 Å². The van der Waals surface area contributed by atoms with Gasteiger partial charge in [-0.3, -0.25) is 4.98 Å². The van der Waals surface area contributed by atoms with Gasteiger partial charge in [-0.2, -0.15) is 11.8 Å². The predicted octanol–water partition coefficient (Wildman–Crippen LogP) is 2.68. The average Bonchev–Trinajstić information content (AvgIpc) is 2.20. The lowest BCUT2D eigenvalue weighted by Crippen LogP contribution is -2.34. The maximum Gasteiger partial charge on any atom is 0.128 e. The molecule has 0 spiro atoms. The molecule has 0 atom stereocenters. The molecule has 1 rings (SSSR count). The van der Waals surface area contributed by atoms with Crippen LogP contribution in [0, 0.1) is 13.8 Å². The molecule has 1 aromatic heterocycles. The quantitative estimate of drug-likeness (QED) is 0.877. The van der Waals surface area contributed by atoms with E-state index in [1.165, 1.54) is 0 Å². The molecule has 0 fully saturated rings. The summed E-state index contributed by atoms with van der Waals surface area (Å²) in [7, 11) is 1.70. The van der Waals surface area contributed by atoms with Crippen LogP contribution in [0.25, 0.3) is 0 Å². The van der Waals surface area contributed by atoms with Gasteiger partial charge in [-0.1, -0.05) is 0 Å². The minimum absolute atomic E-state index is 0.132. The van der Waals surface area contributed by atoms with Crippen molar-refractivity contribution >= 4 is 11.8 Å². The van der Waals surface area contributed by atoms with Gasteiger partial charge in [0.15, 0.2) is 0 Å². The summed E-state index contributed by atoms with van der Waals surface area (Å²) in [5, 5.41) is 0. The number of hydrogen-bond donors (Lipinski definition) is 1. The number of hydrogen-bond acceptors (Lipinski definition) is 4. The summed E-state index contributed by atoms with van der Waals surface area (Å²) in [4.78, 5) is 4.46. The Morgan fingerprint density at radius 3 is 2.59 bits per heavy atom. The highest BCUT2D eigenvalue weighted by atomic mass is 32.2. The summed E-state index contributed by atoms with van der Waals surface area (Å²) in [5.74, 6) is 2.75. The van der Waals surface area contributed by atoms with Gasteiger partial charge >= 0.3 is 0 Å². The van der Waals surface area contributed by atoms with E-state index in [0.29, 0.717) is 0 Å². The molecule has 0 aliphatic rings. The molecule has 2 N–H and O–H groups in total. The van der Waals surface area contributed by atoms with Crippen LogP contribution >= 0.6 is 11.8 Å². The van der Waals surface area contributed by atoms with Gasteiger partial charge in [0.25, 0.3) is 0 Å². The molecule has 0 bridgehead atoms. The van der Waals surface area contributed by atoms with Gasteiger partial charge in [0.2, 0.25) is 0 Å². The zero-order valence-corrected chi connectivity index (χ0v) is 12.1. The highest BCUT2D eigenvalue weighted by Crippen LogP contribution is 2.26. The fourth-order valence-corrected chi connectivity index (χ4v) is 2.74. The van der Waals surface area contributed by atoms with Crippen LogP contribution in [0.4, 0.5) is 0 Å². The number of thioether (sulfide) groups is 1. The van der Waals surface area contributed by atoms with Gasteiger partial charge in [-0.05, 0) is 27.7 Å². The third-order valence-corrected chi connectivity index (χ3v) is 3.89. The first-order valence-electron chi connectivity index (χ1n) is 5.71. The van der Waals surface area contributed by atoms with Crippen molar-refractivity contribution in [2.24, 2.45) is 5.73 Å². The van der Waals surface area contributed by atoms with Gasteiger partial charge in [0, 0.05) is 34.4 Å². The van der Waals surface area contributed by atoms with Crippen molar-refractivity contribution < 1.29 is 4.74 Å². The van der Waals surface area contributed by atoms with Crippen LogP contribution in [0.1, 0.15) is 30.7 Å². The molecule has 17 heavy (non-hydrogen) atoms. The van der Waals surface area contributed by atoms with E-state index in [-0.39, 0.29) is 5.54 Å². The molecule has 1 heterocycles. The minimum Gasteiger partial charge on any atom is -0.496 e. The van der Waals surface area contributed by atoms with Crippen molar-refractivity contribution in [1.29, 1.82) is 0 Å². The lowest BCUT2D eigenvalue weighted by molar-refractivity contribution is 0.407. The van der Waals surface area contributed by atoms with E-state index in [4.69, 9.17) is 10.5 Å². The lowest BCUT2D eigenvalue weighted by Gasteiger charge is -2.18. The van der Waals surface area contributed by atoms with Crippen LogP contribution in [0.15, 0.2) is 6.20 Å². The summed E-state index contributed by atoms with van der Waals surface area (Å²) < 4.78 is 5.39. The van der Waals surface area contributed by atoms with Crippen molar-refractivity contribution in [3.63, 3.8) is 0 Å². The van der Waals surface area contributed by atoms with E-state index in [1.807, 2.05) is 38.7 Å². The van der Waals surface area contributed by atoms with E-state index in [9.17, 15) is 0 Å². The molecule has 0 amide bonds. The molecule has 0 aliphatic carbocycles. The maximum absolute atomic E-state index is 5.95. The summed E-state index contributed by atoms with van der Waals surface area (Å²) >= 11 is 1.81. The Kier molecular flexibility index (Phi) is 4.83. The standard InChI is InChI=1S/C13H22N2OS/c1-9-6-15-11(10(2)12(9)16-5)7-17-8-13(3,4)14/h6H,7-8,14H2,1-5H3. The van der Waals surface area contributed by atoms with E-state index in [1.54, 1.807) is 7.11 Å². The van der Waals surface area contributed by atoms with Crippen molar-refractivity contribution in [3.05, 3.63) is 23.0 Å². The Hall–Kier alpha value is -0.740. The second-order valence-corrected chi connectivity index (χ2v) is 6.01. The fourth-order valence-electron chi connectivity index (χ4n) is 1.63. The summed E-state index contributed by atoms with van der Waals surface area (Å²) in [6.07, 6.45) is 1.87. The number of pyridine rings is 1. The molecule has 0 aliphatic heterocycles. The Labute approximate surface area is 108 Å². The van der Waals surface area contributed by atoms with Crippen LogP contribution in [0.5, 0.6) is 5.75 Å². The van der Waals surface area contributed by atoms with Gasteiger partial charge in [0.05, 0.1) is 12.8 Å². The Balaban J connectivity index is 2.73. The largest absolute Gasteiger partial charge is 0.496 e. The number of aryl methyl sites for hydroxylation is 1. The van der Waals surface area contributed by atoms with Crippen molar-refractivity contribution in [1.82, 2.24) is 4.98 Å². The second kappa shape index (κ2) is 5.74. The van der Waals surface area contributed by atoms with Crippen LogP contribution in [0.3, 0.4) is 0 Å². The molecule has 96 valence electrons. The molecule has 0 radical (unpaired) electrons. The Morgan fingerprint density at radius 2 is 2.06 bits per heavy atom. The SMILES string of the molecule is COc1c(C)cnc(CSCC(C)(C)N)c1C. The molecular weight excluding hydrogens is 232 g/mol. The number of methoxy groups -OCH3 is 1. The summed E-state index contributed by atoms with van der Waals surface area (Å²) in [6, 6.07) is 0. The highest BCUT2D eigenvalue weighted by molar-refractivity contribution is 7.98. The highest BCUT2D eigenvalue weighted by Gasteiger charge is 2.13. The Bertz CT molecular complexity index is 386. The second-order valence-electron chi connectivity index (χ2n) is 5.03. The number of nitrogens with zero attached hydrogens (tertiary/aromatic N) is 1. The predicted molar refractivity (Wildman–Crippen MR) is 74.7 cm³/mol. The fraction of sp³-hybridized carbons (Fsp3) is 0.615. The number of aromatic nitrogens is 1. The van der Waals surface area contributed by atoms with Crippen molar-refractivity contribution in [2.45, 2.75) is 39.0 Å². The smallest absolute Gasteiger partial charge is 0.128 e. The zero-order valence-electron chi connectivity index (χ0n) is 11.3. The maximum atomic E-state index is 5.95. The van der Waals surface area contributed by atoms with Gasteiger partial charge in [0.1, 0.15) is 5.75 Å². The van der Waals surface area contributed by atoms with E-state index >= 15 is 0 Å². The monoisotopic (exact) mass is 254 g/mol. The summed E-state index contributed by atoms with van der Waals surface area (Å²) in [6.45, 7) is 8.15. The van der Waals surface area contributed by atoms with Crippen LogP contribution in [-0.4, -0.2) is 23.4 Å². The zero-order chi connectivity index (χ0) is 13.1. The summed E-state index contributed by atoms with van der Waals surface area (Å²) in [5.41, 5.74) is 9.12. The molecule has 4 heteroatoms. The van der Waals surface area contributed by atoms with Crippen LogP contribution in [-0.2, 0) is 5.75 Å². The average molecular weight is 254 g/mol. The Morgan fingerprint density at radius 1 is 1.41 bits per heavy atom. The molecule has 0 saturated carbocycles. The van der Waals surface area contributed by atoms with E-state index in [0.717, 1.165) is 34.1 Å². The normalized spacial score (nSPS) is 11.6. The minimum atomic E-state index is -0.132. The van der Waals surface area contributed by atoms with Gasteiger partial charge in [-0.15, -0.1) is 0 Å². The third-order valence-electron chi connectivity index (χ3n) is 2.46. The number of ether oxygens (including phenoxy) is 1. The third kappa shape index (κ3) is 4.21. The van der Waals surface area contributed by atoms with Gasteiger partial charge in [-0.25, -0.2) is 0 Å². The first kappa shape index (κ1) is 14.3. The molecule has 0 saturated heterocycles.